The van der Waals surface area contributed by atoms with Crippen LogP contribution >= 0.6 is 11.3 Å². The second-order valence-electron chi connectivity index (χ2n) is 14.4. The first-order valence-electron chi connectivity index (χ1n) is 18.5. The topological polar surface area (TPSA) is 22.0 Å². The van der Waals surface area contributed by atoms with Crippen molar-refractivity contribution in [3.63, 3.8) is 0 Å². The number of hydrogen-bond acceptors (Lipinski definition) is 2. The fourth-order valence-corrected chi connectivity index (χ4v) is 10.4. The first-order valence-corrected chi connectivity index (χ1v) is 19.3. The van der Waals surface area contributed by atoms with Gasteiger partial charge in [-0.05, 0) is 118 Å². The molecule has 0 saturated carbocycles. The van der Waals surface area contributed by atoms with Gasteiger partial charge in [-0.3, -0.25) is 4.79 Å². The summed E-state index contributed by atoms with van der Waals surface area (Å²) >= 11 is 1.69. The number of para-hydroxylation sites is 2. The molecule has 0 fully saturated rings. The zero-order chi connectivity index (χ0) is 36.0. The summed E-state index contributed by atoms with van der Waals surface area (Å²) in [5, 5.41) is 4.01. The lowest BCUT2D eigenvalue weighted by Crippen LogP contribution is -2.28. The number of aromatic nitrogens is 1. The third-order valence-electron chi connectivity index (χ3n) is 11.6. The van der Waals surface area contributed by atoms with Gasteiger partial charge in [-0.25, -0.2) is 0 Å². The number of fused-ring (bicyclic) bond motifs is 8. The van der Waals surface area contributed by atoms with Crippen LogP contribution in [0.15, 0.2) is 187 Å². The highest BCUT2D eigenvalue weighted by Gasteiger charge is 2.46. The minimum atomic E-state index is -0.583. The molecule has 254 valence electrons. The molecule has 1 atom stereocenters. The third kappa shape index (κ3) is 4.30. The van der Waals surface area contributed by atoms with E-state index < -0.39 is 5.41 Å². The molecule has 2 nitrogen and oxygen atoms in total. The summed E-state index contributed by atoms with van der Waals surface area (Å²) in [6, 6.07) is 65.7. The van der Waals surface area contributed by atoms with E-state index in [1.165, 1.54) is 55.2 Å². The molecule has 0 amide bonds. The molecule has 0 spiro atoms. The van der Waals surface area contributed by atoms with Gasteiger partial charge >= 0.3 is 0 Å². The van der Waals surface area contributed by atoms with E-state index in [1.54, 1.807) is 11.3 Å². The van der Waals surface area contributed by atoms with Crippen molar-refractivity contribution in [1.29, 1.82) is 0 Å². The van der Waals surface area contributed by atoms with E-state index in [1.807, 2.05) is 24.3 Å². The van der Waals surface area contributed by atoms with E-state index >= 15 is 0 Å². The van der Waals surface area contributed by atoms with Gasteiger partial charge in [0.2, 0.25) is 0 Å². The number of aryl methyl sites for hydroxylation is 1. The molecule has 0 saturated heterocycles. The number of hydrogen-bond donors (Lipinski definition) is 0. The van der Waals surface area contributed by atoms with E-state index in [2.05, 4.69) is 169 Å². The van der Waals surface area contributed by atoms with Crippen LogP contribution in [0.5, 0.6) is 0 Å². The Bertz CT molecular complexity index is 3190. The highest BCUT2D eigenvalue weighted by Crippen LogP contribution is 2.57. The molecule has 54 heavy (non-hydrogen) atoms. The molecule has 0 bridgehead atoms. The Labute approximate surface area is 316 Å². The summed E-state index contributed by atoms with van der Waals surface area (Å²) < 4.78 is 4.43. The van der Waals surface area contributed by atoms with Crippen molar-refractivity contribution < 1.29 is 0 Å². The summed E-state index contributed by atoms with van der Waals surface area (Å²) in [5.41, 5.74) is 13.9. The molecule has 8 aromatic carbocycles. The molecule has 1 unspecified atom stereocenters. The van der Waals surface area contributed by atoms with E-state index in [-0.39, 0.29) is 5.43 Å². The quantitative estimate of drug-likeness (QED) is 0.167. The van der Waals surface area contributed by atoms with Crippen molar-refractivity contribution in [3.8, 4) is 27.9 Å². The maximum atomic E-state index is 13.9. The van der Waals surface area contributed by atoms with E-state index in [4.69, 9.17) is 0 Å². The smallest absolute Gasteiger partial charge is 0.195 e. The molecule has 10 aromatic rings. The van der Waals surface area contributed by atoms with Crippen LogP contribution in [0.25, 0.3) is 69.9 Å². The summed E-state index contributed by atoms with van der Waals surface area (Å²) in [4.78, 5) is 13.9. The fourth-order valence-electron chi connectivity index (χ4n) is 9.25. The lowest BCUT2D eigenvalue weighted by Gasteiger charge is -2.34. The van der Waals surface area contributed by atoms with Crippen molar-refractivity contribution in [2.75, 3.05) is 0 Å². The first-order chi connectivity index (χ1) is 26.6. The van der Waals surface area contributed by atoms with E-state index in [0.29, 0.717) is 0 Å². The lowest BCUT2D eigenvalue weighted by atomic mass is 9.67. The molecular weight excluding hydrogens is 675 g/mol. The van der Waals surface area contributed by atoms with Crippen LogP contribution in [0, 0.1) is 6.92 Å². The Hall–Kier alpha value is -6.55. The van der Waals surface area contributed by atoms with Crippen molar-refractivity contribution in [2.24, 2.45) is 0 Å². The van der Waals surface area contributed by atoms with Gasteiger partial charge in [0, 0.05) is 36.6 Å². The largest absolute Gasteiger partial charge is 0.309 e. The molecule has 0 radical (unpaired) electrons. The Balaban J connectivity index is 1.21. The zero-order valence-electron chi connectivity index (χ0n) is 29.6. The second kappa shape index (κ2) is 11.7. The Kier molecular flexibility index (Phi) is 6.74. The molecule has 2 heterocycles. The maximum absolute atomic E-state index is 13.9. The molecule has 1 aliphatic rings. The fraction of sp³-hybridized carbons (Fsp3) is 0.0392. The minimum Gasteiger partial charge on any atom is -0.309 e. The van der Waals surface area contributed by atoms with Gasteiger partial charge in [0.15, 0.2) is 5.43 Å². The van der Waals surface area contributed by atoms with Gasteiger partial charge in [-0.15, -0.1) is 11.3 Å². The predicted octanol–water partition coefficient (Wildman–Crippen LogP) is 12.9. The monoisotopic (exact) mass is 707 g/mol. The van der Waals surface area contributed by atoms with E-state index in [9.17, 15) is 4.79 Å². The Morgan fingerprint density at radius 2 is 1.15 bits per heavy atom. The van der Waals surface area contributed by atoms with Crippen LogP contribution < -0.4 is 5.43 Å². The Morgan fingerprint density at radius 1 is 0.463 bits per heavy atom. The lowest BCUT2D eigenvalue weighted by molar-refractivity contribution is 0.770. The molecule has 1 aliphatic carbocycles. The van der Waals surface area contributed by atoms with Gasteiger partial charge in [0.05, 0.1) is 16.4 Å². The maximum Gasteiger partial charge on any atom is 0.195 e. The number of rotatable bonds is 4. The third-order valence-corrected chi connectivity index (χ3v) is 12.7. The highest BCUT2D eigenvalue weighted by molar-refractivity contribution is 7.24. The van der Waals surface area contributed by atoms with Crippen LogP contribution in [-0.4, -0.2) is 4.57 Å². The van der Waals surface area contributed by atoms with Crippen molar-refractivity contribution in [2.45, 2.75) is 12.3 Å². The predicted molar refractivity (Wildman–Crippen MR) is 227 cm³/mol. The van der Waals surface area contributed by atoms with Crippen LogP contribution in [0.4, 0.5) is 0 Å². The van der Waals surface area contributed by atoms with Gasteiger partial charge < -0.3 is 4.57 Å². The van der Waals surface area contributed by atoms with Crippen LogP contribution in [0.2, 0.25) is 0 Å². The minimum absolute atomic E-state index is 0.0933. The molecule has 0 N–H and O–H groups in total. The molecular formula is C51H33NOS. The summed E-state index contributed by atoms with van der Waals surface area (Å²) in [6.07, 6.45) is 0. The SMILES string of the molecule is Cc1cc2sc3ccccc3c(=O)c2cc1-c1ccc2c(c1)C(c1ccccc1)(c1ccc3c(c1)c1ccccc1n3-c1ccccc1)c1ccccc1-2. The summed E-state index contributed by atoms with van der Waals surface area (Å²) in [6.45, 7) is 2.17. The molecule has 2 aromatic heterocycles. The molecule has 11 rings (SSSR count). The average molecular weight is 708 g/mol. The summed E-state index contributed by atoms with van der Waals surface area (Å²) in [5.74, 6) is 0. The number of benzene rings is 8. The van der Waals surface area contributed by atoms with Crippen molar-refractivity contribution >= 4 is 53.3 Å². The summed E-state index contributed by atoms with van der Waals surface area (Å²) in [7, 11) is 0. The normalized spacial score (nSPS) is 14.9. The standard InChI is InChI=1S/C51H33NOS/c1-32-28-49-43(50(53)40-20-10-13-23-48(40)54-49)31-41(32)33-24-26-38-37-18-8-11-21-44(37)51(45(38)29-33,34-14-4-2-5-15-34)35-25-27-47-42(30-35)39-19-9-12-22-46(39)52(47)36-16-6-3-7-17-36/h2-31H,1H3. The molecule has 0 aliphatic heterocycles. The van der Waals surface area contributed by atoms with Gasteiger partial charge in [-0.1, -0.05) is 121 Å². The Morgan fingerprint density at radius 3 is 2.00 bits per heavy atom. The van der Waals surface area contributed by atoms with Crippen LogP contribution in [-0.2, 0) is 5.41 Å². The van der Waals surface area contributed by atoms with Crippen LogP contribution in [0.1, 0.15) is 27.8 Å². The first kappa shape index (κ1) is 31.0. The second-order valence-corrected chi connectivity index (χ2v) is 15.5. The van der Waals surface area contributed by atoms with Gasteiger partial charge in [0.1, 0.15) is 0 Å². The molecule has 3 heteroatoms. The van der Waals surface area contributed by atoms with E-state index in [0.717, 1.165) is 42.6 Å². The van der Waals surface area contributed by atoms with Crippen LogP contribution in [0.3, 0.4) is 0 Å². The zero-order valence-corrected chi connectivity index (χ0v) is 30.4. The van der Waals surface area contributed by atoms with Gasteiger partial charge in [0.25, 0.3) is 0 Å². The highest BCUT2D eigenvalue weighted by atomic mass is 32.1. The number of nitrogens with zero attached hydrogens (tertiary/aromatic N) is 1. The van der Waals surface area contributed by atoms with Crippen molar-refractivity contribution in [1.82, 2.24) is 4.57 Å². The van der Waals surface area contributed by atoms with Gasteiger partial charge in [-0.2, -0.15) is 0 Å². The van der Waals surface area contributed by atoms with Crippen molar-refractivity contribution in [3.05, 3.63) is 220 Å². The average Bonchev–Trinajstić information content (AvgIpc) is 3.71.